The van der Waals surface area contributed by atoms with Gasteiger partial charge in [-0.1, -0.05) is 0 Å². The van der Waals surface area contributed by atoms with Crippen molar-refractivity contribution in [2.75, 3.05) is 0 Å². The zero-order valence-electron chi connectivity index (χ0n) is 11.9. The molecule has 0 spiro atoms. The fourth-order valence-electron chi connectivity index (χ4n) is 2.21. The van der Waals surface area contributed by atoms with Gasteiger partial charge in [-0.25, -0.2) is 9.97 Å². The van der Waals surface area contributed by atoms with E-state index in [-0.39, 0.29) is 11.9 Å². The molecule has 3 heterocycles. The summed E-state index contributed by atoms with van der Waals surface area (Å²) >= 11 is 0. The van der Waals surface area contributed by atoms with E-state index in [1.165, 1.54) is 6.33 Å². The molecule has 108 valence electrons. The van der Waals surface area contributed by atoms with Gasteiger partial charge in [0.15, 0.2) is 0 Å². The van der Waals surface area contributed by atoms with Crippen molar-refractivity contribution in [2.45, 2.75) is 26.4 Å². The molecule has 0 aliphatic rings. The lowest BCUT2D eigenvalue weighted by Gasteiger charge is -2.13. The number of hydrogen-bond acceptors (Lipinski definition) is 4. The molecule has 0 saturated carbocycles. The molecule has 0 aliphatic heterocycles. The molecule has 0 saturated heterocycles. The van der Waals surface area contributed by atoms with E-state index in [9.17, 15) is 4.79 Å². The lowest BCUT2D eigenvalue weighted by molar-refractivity contribution is 0.0935. The molecular weight excluding hydrogens is 268 g/mol. The van der Waals surface area contributed by atoms with Gasteiger partial charge in [0.1, 0.15) is 18.3 Å². The van der Waals surface area contributed by atoms with Crippen molar-refractivity contribution >= 4 is 11.6 Å². The first kappa shape index (κ1) is 13.3. The Morgan fingerprint density at radius 2 is 2.24 bits per heavy atom. The van der Waals surface area contributed by atoms with E-state index in [1.807, 2.05) is 30.5 Å². The summed E-state index contributed by atoms with van der Waals surface area (Å²) in [4.78, 5) is 20.5. The minimum absolute atomic E-state index is 0.0422. The fraction of sp³-hybridized carbons (Fsp3) is 0.286. The molecule has 7 nitrogen and oxygen atoms in total. The zero-order chi connectivity index (χ0) is 14.8. The van der Waals surface area contributed by atoms with Gasteiger partial charge in [0.05, 0.1) is 17.8 Å². The molecule has 1 atom stereocenters. The highest BCUT2D eigenvalue weighted by Gasteiger charge is 2.11. The molecule has 0 radical (unpaired) electrons. The van der Waals surface area contributed by atoms with Crippen molar-refractivity contribution in [1.29, 1.82) is 0 Å². The third-order valence-corrected chi connectivity index (χ3v) is 3.14. The van der Waals surface area contributed by atoms with Crippen LogP contribution in [0, 0.1) is 6.92 Å². The van der Waals surface area contributed by atoms with Crippen LogP contribution in [0.3, 0.4) is 0 Å². The SMILES string of the molecule is Cc1cn2cc(C(=O)N[C@H](C)Cn3cncn3)ccc2n1. The zero-order valence-corrected chi connectivity index (χ0v) is 11.9. The number of imidazole rings is 1. The van der Waals surface area contributed by atoms with Gasteiger partial charge in [-0.3, -0.25) is 9.48 Å². The molecule has 3 aromatic rings. The van der Waals surface area contributed by atoms with Gasteiger partial charge in [0.25, 0.3) is 5.91 Å². The van der Waals surface area contributed by atoms with Crippen LogP contribution in [-0.4, -0.2) is 36.1 Å². The number of hydrogen-bond donors (Lipinski definition) is 1. The molecule has 3 rings (SSSR count). The van der Waals surface area contributed by atoms with Gasteiger partial charge in [-0.2, -0.15) is 5.10 Å². The van der Waals surface area contributed by atoms with Gasteiger partial charge in [0.2, 0.25) is 0 Å². The predicted octanol–water partition coefficient (Wildman–Crippen LogP) is 1.05. The number of amides is 1. The third kappa shape index (κ3) is 2.91. The number of pyridine rings is 1. The average molecular weight is 284 g/mol. The molecule has 0 unspecified atom stereocenters. The Balaban J connectivity index is 1.71. The van der Waals surface area contributed by atoms with Gasteiger partial charge < -0.3 is 9.72 Å². The van der Waals surface area contributed by atoms with Crippen molar-refractivity contribution in [3.05, 3.63) is 48.4 Å². The maximum absolute atomic E-state index is 12.2. The first-order valence-corrected chi connectivity index (χ1v) is 6.70. The van der Waals surface area contributed by atoms with E-state index < -0.39 is 0 Å². The van der Waals surface area contributed by atoms with Crippen LogP contribution < -0.4 is 5.32 Å². The summed E-state index contributed by atoms with van der Waals surface area (Å²) < 4.78 is 3.54. The lowest BCUT2D eigenvalue weighted by Crippen LogP contribution is -2.35. The molecule has 1 N–H and O–H groups in total. The second-order valence-corrected chi connectivity index (χ2v) is 5.06. The standard InChI is InChI=1S/C14H16N6O/c1-10-5-19-7-12(3-4-13(19)17-10)14(21)18-11(2)6-20-9-15-8-16-20/h3-5,7-9,11H,6H2,1-2H3,(H,18,21)/t11-/m1/s1. The molecule has 0 aromatic carbocycles. The number of fused-ring (bicyclic) bond motifs is 1. The lowest BCUT2D eigenvalue weighted by atomic mass is 10.2. The second-order valence-electron chi connectivity index (χ2n) is 5.06. The topological polar surface area (TPSA) is 77.1 Å². The van der Waals surface area contributed by atoms with E-state index in [4.69, 9.17) is 0 Å². The molecule has 0 aliphatic carbocycles. The normalized spacial score (nSPS) is 12.5. The number of nitrogens with one attached hydrogen (secondary N) is 1. The Bertz CT molecular complexity index is 761. The summed E-state index contributed by atoms with van der Waals surface area (Å²) in [5, 5.41) is 6.97. The van der Waals surface area contributed by atoms with Gasteiger partial charge in [-0.05, 0) is 26.0 Å². The molecular formula is C14H16N6O. The summed E-state index contributed by atoms with van der Waals surface area (Å²) in [5.41, 5.74) is 2.36. The van der Waals surface area contributed by atoms with Crippen molar-refractivity contribution in [1.82, 2.24) is 29.5 Å². The van der Waals surface area contributed by atoms with Crippen LogP contribution in [0.15, 0.2) is 37.2 Å². The van der Waals surface area contributed by atoms with E-state index in [0.29, 0.717) is 12.1 Å². The van der Waals surface area contributed by atoms with Gasteiger partial charge in [0, 0.05) is 18.4 Å². The largest absolute Gasteiger partial charge is 0.348 e. The van der Waals surface area contributed by atoms with Crippen molar-refractivity contribution in [3.63, 3.8) is 0 Å². The van der Waals surface area contributed by atoms with E-state index in [2.05, 4.69) is 20.4 Å². The summed E-state index contributed by atoms with van der Waals surface area (Å²) in [7, 11) is 0. The Morgan fingerprint density at radius 3 is 3.00 bits per heavy atom. The fourth-order valence-corrected chi connectivity index (χ4v) is 2.21. The highest BCUT2D eigenvalue weighted by Crippen LogP contribution is 2.07. The number of rotatable bonds is 4. The summed E-state index contributed by atoms with van der Waals surface area (Å²) in [6.07, 6.45) is 6.78. The molecule has 0 fully saturated rings. The van der Waals surface area contributed by atoms with E-state index in [0.717, 1.165) is 11.3 Å². The number of aromatic nitrogens is 5. The monoisotopic (exact) mass is 284 g/mol. The highest BCUT2D eigenvalue weighted by atomic mass is 16.1. The van der Waals surface area contributed by atoms with Crippen LogP contribution in [0.4, 0.5) is 0 Å². The minimum Gasteiger partial charge on any atom is -0.348 e. The number of carbonyl (C=O) groups is 1. The summed E-state index contributed by atoms with van der Waals surface area (Å²) in [6.45, 7) is 4.44. The van der Waals surface area contributed by atoms with Crippen molar-refractivity contribution < 1.29 is 4.79 Å². The highest BCUT2D eigenvalue weighted by molar-refractivity contribution is 5.94. The summed E-state index contributed by atoms with van der Waals surface area (Å²) in [6, 6.07) is 3.57. The Morgan fingerprint density at radius 1 is 1.38 bits per heavy atom. The first-order valence-electron chi connectivity index (χ1n) is 6.70. The molecule has 7 heteroatoms. The van der Waals surface area contributed by atoms with Crippen LogP contribution in [-0.2, 0) is 6.54 Å². The Hall–Kier alpha value is -2.70. The van der Waals surface area contributed by atoms with Crippen molar-refractivity contribution in [3.8, 4) is 0 Å². The number of aryl methyl sites for hydroxylation is 1. The predicted molar refractivity (Wildman–Crippen MR) is 76.9 cm³/mol. The third-order valence-electron chi connectivity index (χ3n) is 3.14. The van der Waals surface area contributed by atoms with Crippen molar-refractivity contribution in [2.24, 2.45) is 0 Å². The first-order chi connectivity index (χ1) is 10.1. The number of nitrogens with zero attached hydrogens (tertiary/aromatic N) is 5. The van der Waals surface area contributed by atoms with Gasteiger partial charge in [-0.15, -0.1) is 0 Å². The van der Waals surface area contributed by atoms with Crippen LogP contribution in [0.2, 0.25) is 0 Å². The van der Waals surface area contributed by atoms with Crippen LogP contribution in [0.25, 0.3) is 5.65 Å². The smallest absolute Gasteiger partial charge is 0.253 e. The summed E-state index contributed by atoms with van der Waals surface area (Å²) in [5.74, 6) is -0.115. The quantitative estimate of drug-likeness (QED) is 0.777. The molecule has 3 aromatic heterocycles. The minimum atomic E-state index is -0.115. The molecule has 21 heavy (non-hydrogen) atoms. The Labute approximate surface area is 121 Å². The van der Waals surface area contributed by atoms with Crippen LogP contribution in [0.1, 0.15) is 23.0 Å². The van der Waals surface area contributed by atoms with Gasteiger partial charge >= 0.3 is 0 Å². The maximum Gasteiger partial charge on any atom is 0.253 e. The van der Waals surface area contributed by atoms with Crippen LogP contribution in [0.5, 0.6) is 0 Å². The molecule has 0 bridgehead atoms. The van der Waals surface area contributed by atoms with Crippen LogP contribution >= 0.6 is 0 Å². The van der Waals surface area contributed by atoms with E-state index in [1.54, 1.807) is 23.3 Å². The van der Waals surface area contributed by atoms with E-state index >= 15 is 0 Å². The maximum atomic E-state index is 12.2. The Kier molecular flexibility index (Phi) is 3.39. The molecule has 1 amide bonds. The number of carbonyl (C=O) groups excluding carboxylic acids is 1. The average Bonchev–Trinajstić information content (AvgIpc) is 3.05. The second kappa shape index (κ2) is 5.35.